The third kappa shape index (κ3) is 3.63. The van der Waals surface area contributed by atoms with Crippen molar-refractivity contribution < 1.29 is 12.9 Å². The standard InChI is InChI=1S/C16H20ClN3O3S/c1-2-10-24(21,22)20-9-5-6-12(11-20)16-18-15(19-23-16)13-7-3-4-8-14(13)17/h3-4,7-8,12H,2,5-6,9-11H2,1H3. The minimum atomic E-state index is -3.20. The van der Waals surface area contributed by atoms with E-state index in [1.54, 1.807) is 10.4 Å². The van der Waals surface area contributed by atoms with E-state index >= 15 is 0 Å². The van der Waals surface area contributed by atoms with Gasteiger partial charge in [-0.3, -0.25) is 0 Å². The first kappa shape index (κ1) is 17.4. The van der Waals surface area contributed by atoms with Gasteiger partial charge in [-0.05, 0) is 31.4 Å². The molecule has 1 saturated heterocycles. The zero-order valence-electron chi connectivity index (χ0n) is 13.5. The number of piperidine rings is 1. The first-order valence-corrected chi connectivity index (χ1v) is 10.1. The predicted octanol–water partition coefficient (Wildman–Crippen LogP) is 3.31. The van der Waals surface area contributed by atoms with Gasteiger partial charge in [0.2, 0.25) is 21.7 Å². The molecule has 1 aliphatic heterocycles. The van der Waals surface area contributed by atoms with Gasteiger partial charge in [0, 0.05) is 18.7 Å². The van der Waals surface area contributed by atoms with E-state index in [0.29, 0.717) is 41.8 Å². The molecule has 0 aliphatic carbocycles. The number of aromatic nitrogens is 2. The number of halogens is 1. The van der Waals surface area contributed by atoms with Crippen molar-refractivity contribution in [1.82, 2.24) is 14.4 Å². The molecule has 1 aromatic heterocycles. The lowest BCUT2D eigenvalue weighted by Gasteiger charge is -2.30. The second-order valence-electron chi connectivity index (χ2n) is 5.95. The van der Waals surface area contributed by atoms with Crippen molar-refractivity contribution in [2.45, 2.75) is 32.1 Å². The Kier molecular flexibility index (Phi) is 5.22. The van der Waals surface area contributed by atoms with Crippen LogP contribution in [0.3, 0.4) is 0 Å². The summed E-state index contributed by atoms with van der Waals surface area (Å²) in [6, 6.07) is 7.30. The molecule has 3 rings (SSSR count). The van der Waals surface area contributed by atoms with Crippen LogP contribution in [0.15, 0.2) is 28.8 Å². The number of rotatable bonds is 5. The van der Waals surface area contributed by atoms with Gasteiger partial charge in [-0.25, -0.2) is 12.7 Å². The van der Waals surface area contributed by atoms with Crippen molar-refractivity contribution in [3.05, 3.63) is 35.2 Å². The summed E-state index contributed by atoms with van der Waals surface area (Å²) in [5.74, 6) is 1.01. The first-order valence-electron chi connectivity index (χ1n) is 8.07. The fraction of sp³-hybridized carbons (Fsp3) is 0.500. The fourth-order valence-corrected chi connectivity index (χ4v) is 4.75. The van der Waals surface area contributed by atoms with Crippen molar-refractivity contribution in [1.29, 1.82) is 0 Å². The summed E-state index contributed by atoms with van der Waals surface area (Å²) in [5.41, 5.74) is 0.709. The average molecular weight is 370 g/mol. The molecule has 6 nitrogen and oxygen atoms in total. The van der Waals surface area contributed by atoms with Crippen molar-refractivity contribution in [3.63, 3.8) is 0 Å². The molecule has 1 unspecified atom stereocenters. The van der Waals surface area contributed by atoms with E-state index in [-0.39, 0.29) is 11.7 Å². The molecule has 0 spiro atoms. The second-order valence-corrected chi connectivity index (χ2v) is 8.44. The van der Waals surface area contributed by atoms with Crippen LogP contribution in [-0.4, -0.2) is 41.7 Å². The highest BCUT2D eigenvalue weighted by Crippen LogP contribution is 2.30. The lowest BCUT2D eigenvalue weighted by Crippen LogP contribution is -2.40. The van der Waals surface area contributed by atoms with Gasteiger partial charge in [0.25, 0.3) is 0 Å². The molecule has 0 saturated carbocycles. The van der Waals surface area contributed by atoms with E-state index in [1.165, 1.54) is 0 Å². The van der Waals surface area contributed by atoms with E-state index in [0.717, 1.165) is 12.8 Å². The lowest BCUT2D eigenvalue weighted by molar-refractivity contribution is 0.265. The Morgan fingerprint density at radius 1 is 1.38 bits per heavy atom. The maximum absolute atomic E-state index is 12.3. The Bertz CT molecular complexity index is 806. The molecule has 0 bridgehead atoms. The van der Waals surface area contributed by atoms with Crippen LogP contribution < -0.4 is 0 Å². The molecule has 0 N–H and O–H groups in total. The number of hydrogen-bond donors (Lipinski definition) is 0. The number of nitrogens with zero attached hydrogens (tertiary/aromatic N) is 3. The molecule has 2 aromatic rings. The second kappa shape index (κ2) is 7.21. The molecule has 2 heterocycles. The minimum absolute atomic E-state index is 0.0749. The van der Waals surface area contributed by atoms with Gasteiger partial charge in [-0.15, -0.1) is 0 Å². The van der Waals surface area contributed by atoms with Gasteiger partial charge in [0.1, 0.15) is 0 Å². The number of sulfonamides is 1. The van der Waals surface area contributed by atoms with Crippen molar-refractivity contribution in [2.75, 3.05) is 18.8 Å². The van der Waals surface area contributed by atoms with Gasteiger partial charge in [0.05, 0.1) is 16.7 Å². The van der Waals surface area contributed by atoms with Crippen LogP contribution in [0.1, 0.15) is 38.0 Å². The summed E-state index contributed by atoms with van der Waals surface area (Å²) in [6.45, 7) is 2.82. The Morgan fingerprint density at radius 2 is 2.17 bits per heavy atom. The van der Waals surface area contributed by atoms with E-state index < -0.39 is 10.0 Å². The van der Waals surface area contributed by atoms with Gasteiger partial charge < -0.3 is 4.52 Å². The fourth-order valence-electron chi connectivity index (χ4n) is 2.94. The van der Waals surface area contributed by atoms with Crippen LogP contribution in [0.5, 0.6) is 0 Å². The van der Waals surface area contributed by atoms with E-state index in [2.05, 4.69) is 10.1 Å². The molecule has 1 aliphatic rings. The largest absolute Gasteiger partial charge is 0.339 e. The minimum Gasteiger partial charge on any atom is -0.339 e. The van der Waals surface area contributed by atoms with Crippen LogP contribution >= 0.6 is 11.6 Å². The van der Waals surface area contributed by atoms with Crippen molar-refractivity contribution in [3.8, 4) is 11.4 Å². The molecule has 1 aromatic carbocycles. The van der Waals surface area contributed by atoms with E-state index in [9.17, 15) is 8.42 Å². The summed E-state index contributed by atoms with van der Waals surface area (Å²) in [7, 11) is -3.20. The monoisotopic (exact) mass is 369 g/mol. The molecule has 0 amide bonds. The summed E-state index contributed by atoms with van der Waals surface area (Å²) in [5, 5.41) is 4.56. The summed E-state index contributed by atoms with van der Waals surface area (Å²) in [4.78, 5) is 4.44. The first-order chi connectivity index (χ1) is 11.5. The van der Waals surface area contributed by atoms with Gasteiger partial charge in [-0.2, -0.15) is 4.98 Å². The quantitative estimate of drug-likeness (QED) is 0.808. The molecule has 130 valence electrons. The van der Waals surface area contributed by atoms with Crippen molar-refractivity contribution >= 4 is 21.6 Å². The van der Waals surface area contributed by atoms with Gasteiger partial charge in [-0.1, -0.05) is 35.8 Å². The highest BCUT2D eigenvalue weighted by atomic mass is 35.5. The normalized spacial score (nSPS) is 19.5. The maximum Gasteiger partial charge on any atom is 0.231 e. The molecule has 24 heavy (non-hydrogen) atoms. The Labute approximate surface area is 146 Å². The molecular weight excluding hydrogens is 350 g/mol. The molecular formula is C16H20ClN3O3S. The summed E-state index contributed by atoms with van der Waals surface area (Å²) >= 11 is 6.16. The van der Waals surface area contributed by atoms with Crippen LogP contribution in [0.2, 0.25) is 5.02 Å². The molecule has 0 radical (unpaired) electrons. The third-order valence-corrected chi connectivity index (χ3v) is 6.52. The van der Waals surface area contributed by atoms with Crippen LogP contribution in [0.4, 0.5) is 0 Å². The Morgan fingerprint density at radius 3 is 2.92 bits per heavy atom. The average Bonchev–Trinajstić information content (AvgIpc) is 3.05. The lowest BCUT2D eigenvalue weighted by atomic mass is 10.00. The Balaban J connectivity index is 1.79. The van der Waals surface area contributed by atoms with Crippen LogP contribution in [0, 0.1) is 0 Å². The van der Waals surface area contributed by atoms with E-state index in [4.69, 9.17) is 16.1 Å². The smallest absolute Gasteiger partial charge is 0.231 e. The zero-order chi connectivity index (χ0) is 17.2. The number of benzene rings is 1. The number of hydrogen-bond acceptors (Lipinski definition) is 5. The van der Waals surface area contributed by atoms with Crippen LogP contribution in [-0.2, 0) is 10.0 Å². The maximum atomic E-state index is 12.3. The van der Waals surface area contributed by atoms with Crippen molar-refractivity contribution in [2.24, 2.45) is 0 Å². The molecule has 8 heteroatoms. The highest BCUT2D eigenvalue weighted by molar-refractivity contribution is 7.89. The molecule has 1 fully saturated rings. The van der Waals surface area contributed by atoms with E-state index in [1.807, 2.05) is 25.1 Å². The summed E-state index contributed by atoms with van der Waals surface area (Å²) < 4.78 is 31.5. The van der Waals surface area contributed by atoms with Gasteiger partial charge >= 0.3 is 0 Å². The SMILES string of the molecule is CCCS(=O)(=O)N1CCCC(c2nc(-c3ccccc3Cl)no2)C1. The van der Waals surface area contributed by atoms with Gasteiger partial charge in [0.15, 0.2) is 0 Å². The third-order valence-electron chi connectivity index (χ3n) is 4.15. The predicted molar refractivity (Wildman–Crippen MR) is 92.4 cm³/mol. The van der Waals surface area contributed by atoms with Crippen LogP contribution in [0.25, 0.3) is 11.4 Å². The highest BCUT2D eigenvalue weighted by Gasteiger charge is 2.32. The zero-order valence-corrected chi connectivity index (χ0v) is 15.1. The summed E-state index contributed by atoms with van der Waals surface area (Å²) in [6.07, 6.45) is 2.24. The topological polar surface area (TPSA) is 76.3 Å². The Hall–Kier alpha value is -1.44. The molecule has 1 atom stereocenters.